The van der Waals surface area contributed by atoms with E-state index in [1.54, 1.807) is 11.3 Å². The Labute approximate surface area is 185 Å². The quantitative estimate of drug-likeness (QED) is 0.408. The standard InChI is InChI=1S/C23H17BrN2O3S/c24-16-13-20-19(28-9-10-29-20)11-14(16)12-22(27)25-17-6-2-1-5-15(17)23-26-18-7-3-4-8-21(18)30-23/h1-8,11,13H,9-10,12H2,(H,25,27). The summed E-state index contributed by atoms with van der Waals surface area (Å²) >= 11 is 5.15. The third-order valence-corrected chi connectivity index (χ3v) is 6.60. The minimum atomic E-state index is -0.110. The predicted molar refractivity (Wildman–Crippen MR) is 123 cm³/mol. The van der Waals surface area contributed by atoms with Crippen LogP contribution in [0.1, 0.15) is 5.56 Å². The Balaban J connectivity index is 1.39. The summed E-state index contributed by atoms with van der Waals surface area (Å²) in [7, 11) is 0. The van der Waals surface area contributed by atoms with E-state index in [9.17, 15) is 4.79 Å². The maximum absolute atomic E-state index is 12.8. The van der Waals surface area contributed by atoms with Gasteiger partial charge in [0, 0.05) is 10.0 Å². The van der Waals surface area contributed by atoms with Gasteiger partial charge in [-0.15, -0.1) is 11.3 Å². The van der Waals surface area contributed by atoms with E-state index in [0.29, 0.717) is 24.7 Å². The molecular formula is C23H17BrN2O3S. The van der Waals surface area contributed by atoms with Crippen molar-refractivity contribution in [2.24, 2.45) is 0 Å². The molecular weight excluding hydrogens is 464 g/mol. The number of thiazole rings is 1. The van der Waals surface area contributed by atoms with E-state index in [1.165, 1.54) is 0 Å². The Morgan fingerprint density at radius 3 is 2.60 bits per heavy atom. The van der Waals surface area contributed by atoms with E-state index in [0.717, 1.165) is 36.5 Å². The zero-order chi connectivity index (χ0) is 20.5. The molecule has 1 aliphatic heterocycles. The number of fused-ring (bicyclic) bond motifs is 2. The first-order valence-corrected chi connectivity index (χ1v) is 11.1. The van der Waals surface area contributed by atoms with Gasteiger partial charge in [-0.1, -0.05) is 40.2 Å². The highest BCUT2D eigenvalue weighted by molar-refractivity contribution is 9.10. The first kappa shape index (κ1) is 19.1. The minimum Gasteiger partial charge on any atom is -0.486 e. The summed E-state index contributed by atoms with van der Waals surface area (Å²) in [6.45, 7) is 1.04. The number of halogens is 1. The van der Waals surface area contributed by atoms with Crippen molar-refractivity contribution in [1.82, 2.24) is 4.98 Å². The fourth-order valence-corrected chi connectivity index (χ4v) is 4.84. The predicted octanol–water partition coefficient (Wildman–Crippen LogP) is 5.68. The van der Waals surface area contributed by atoms with Gasteiger partial charge in [0.2, 0.25) is 5.91 Å². The van der Waals surface area contributed by atoms with Gasteiger partial charge in [0.15, 0.2) is 11.5 Å². The number of rotatable bonds is 4. The van der Waals surface area contributed by atoms with E-state index in [4.69, 9.17) is 14.5 Å². The monoisotopic (exact) mass is 480 g/mol. The van der Waals surface area contributed by atoms with Crippen molar-refractivity contribution in [3.8, 4) is 22.1 Å². The van der Waals surface area contributed by atoms with Gasteiger partial charge in [-0.05, 0) is 42.0 Å². The van der Waals surface area contributed by atoms with Crippen molar-refractivity contribution in [3.05, 3.63) is 70.7 Å². The summed E-state index contributed by atoms with van der Waals surface area (Å²) in [5.74, 6) is 1.25. The van der Waals surface area contributed by atoms with Crippen LogP contribution in [0.4, 0.5) is 5.69 Å². The summed E-state index contributed by atoms with van der Waals surface area (Å²) in [5, 5.41) is 3.93. The molecule has 0 unspecified atom stereocenters. The van der Waals surface area contributed by atoms with E-state index in [2.05, 4.69) is 27.3 Å². The number of ether oxygens (including phenoxy) is 2. The molecule has 2 heterocycles. The van der Waals surface area contributed by atoms with Gasteiger partial charge in [-0.3, -0.25) is 4.79 Å². The molecule has 0 saturated carbocycles. The Morgan fingerprint density at radius 1 is 1.03 bits per heavy atom. The Bertz CT molecular complexity index is 1220. The highest BCUT2D eigenvalue weighted by Crippen LogP contribution is 2.37. The molecule has 1 amide bonds. The molecule has 7 heteroatoms. The second-order valence-electron chi connectivity index (χ2n) is 6.84. The van der Waals surface area contributed by atoms with Gasteiger partial charge in [-0.25, -0.2) is 4.98 Å². The Kier molecular flexibility index (Phi) is 5.14. The third-order valence-electron chi connectivity index (χ3n) is 4.79. The molecule has 0 radical (unpaired) electrons. The average Bonchev–Trinajstić information content (AvgIpc) is 3.19. The van der Waals surface area contributed by atoms with Gasteiger partial charge in [0.1, 0.15) is 18.2 Å². The number of amides is 1. The maximum Gasteiger partial charge on any atom is 0.228 e. The molecule has 0 aliphatic carbocycles. The van der Waals surface area contributed by atoms with Crippen LogP contribution >= 0.6 is 27.3 Å². The van der Waals surface area contributed by atoms with Gasteiger partial charge in [-0.2, -0.15) is 0 Å². The summed E-state index contributed by atoms with van der Waals surface area (Å²) in [6, 6.07) is 19.5. The highest BCUT2D eigenvalue weighted by Gasteiger charge is 2.18. The molecule has 0 bridgehead atoms. The topological polar surface area (TPSA) is 60.5 Å². The lowest BCUT2D eigenvalue weighted by atomic mass is 10.1. The summed E-state index contributed by atoms with van der Waals surface area (Å²) < 4.78 is 13.2. The zero-order valence-corrected chi connectivity index (χ0v) is 18.3. The number of nitrogens with zero attached hydrogens (tertiary/aromatic N) is 1. The number of aromatic nitrogens is 1. The number of carbonyl (C=O) groups is 1. The molecule has 30 heavy (non-hydrogen) atoms. The summed E-state index contributed by atoms with van der Waals surface area (Å²) in [5.41, 5.74) is 3.46. The lowest BCUT2D eigenvalue weighted by Gasteiger charge is -2.20. The number of nitrogens with one attached hydrogen (secondary N) is 1. The van der Waals surface area contributed by atoms with Gasteiger partial charge < -0.3 is 14.8 Å². The number of anilines is 1. The molecule has 5 nitrogen and oxygen atoms in total. The summed E-state index contributed by atoms with van der Waals surface area (Å²) in [6.07, 6.45) is 0.214. The number of hydrogen-bond donors (Lipinski definition) is 1. The SMILES string of the molecule is O=C(Cc1cc2c(cc1Br)OCCO2)Nc1ccccc1-c1nc2ccccc2s1. The van der Waals surface area contributed by atoms with Crippen molar-refractivity contribution in [1.29, 1.82) is 0 Å². The van der Waals surface area contributed by atoms with Crippen molar-refractivity contribution < 1.29 is 14.3 Å². The van der Waals surface area contributed by atoms with Gasteiger partial charge >= 0.3 is 0 Å². The lowest BCUT2D eigenvalue weighted by molar-refractivity contribution is -0.115. The van der Waals surface area contributed by atoms with Crippen LogP contribution in [0.5, 0.6) is 11.5 Å². The average molecular weight is 481 g/mol. The van der Waals surface area contributed by atoms with Gasteiger partial charge in [0.25, 0.3) is 0 Å². The van der Waals surface area contributed by atoms with Crippen LogP contribution in [0.15, 0.2) is 65.1 Å². The molecule has 0 spiro atoms. The van der Waals surface area contributed by atoms with Crippen LogP contribution < -0.4 is 14.8 Å². The van der Waals surface area contributed by atoms with E-state index in [-0.39, 0.29) is 12.3 Å². The van der Waals surface area contributed by atoms with E-state index in [1.807, 2.05) is 54.6 Å². The molecule has 1 N–H and O–H groups in total. The van der Waals surface area contributed by atoms with Gasteiger partial charge in [0.05, 0.1) is 22.3 Å². The van der Waals surface area contributed by atoms with Crippen molar-refractivity contribution in [2.45, 2.75) is 6.42 Å². The third kappa shape index (κ3) is 3.78. The Morgan fingerprint density at radius 2 is 1.77 bits per heavy atom. The van der Waals surface area contributed by atoms with Crippen molar-refractivity contribution in [2.75, 3.05) is 18.5 Å². The van der Waals surface area contributed by atoms with Crippen LogP contribution in [-0.4, -0.2) is 24.1 Å². The second kappa shape index (κ2) is 8.08. The molecule has 1 aliphatic rings. The lowest BCUT2D eigenvalue weighted by Crippen LogP contribution is -2.17. The molecule has 150 valence electrons. The molecule has 0 fully saturated rings. The van der Waals surface area contributed by atoms with Crippen LogP contribution in [0.2, 0.25) is 0 Å². The number of para-hydroxylation sites is 2. The van der Waals surface area contributed by atoms with E-state index >= 15 is 0 Å². The van der Waals surface area contributed by atoms with Crippen LogP contribution in [-0.2, 0) is 11.2 Å². The molecule has 4 aromatic rings. The molecule has 1 aromatic heterocycles. The smallest absolute Gasteiger partial charge is 0.228 e. The highest BCUT2D eigenvalue weighted by atomic mass is 79.9. The fraction of sp³-hybridized carbons (Fsp3) is 0.130. The number of hydrogen-bond acceptors (Lipinski definition) is 5. The first-order chi connectivity index (χ1) is 14.7. The number of benzene rings is 3. The second-order valence-corrected chi connectivity index (χ2v) is 8.73. The van der Waals surface area contributed by atoms with Crippen LogP contribution in [0.25, 0.3) is 20.8 Å². The maximum atomic E-state index is 12.8. The molecule has 0 atom stereocenters. The first-order valence-electron chi connectivity index (χ1n) is 9.50. The summed E-state index contributed by atoms with van der Waals surface area (Å²) in [4.78, 5) is 17.6. The minimum absolute atomic E-state index is 0.110. The zero-order valence-electron chi connectivity index (χ0n) is 15.9. The van der Waals surface area contributed by atoms with Crippen LogP contribution in [0.3, 0.4) is 0 Å². The fourth-order valence-electron chi connectivity index (χ4n) is 3.37. The Hall–Kier alpha value is -2.90. The molecule has 3 aromatic carbocycles. The molecule has 5 rings (SSSR count). The van der Waals surface area contributed by atoms with Crippen molar-refractivity contribution in [3.63, 3.8) is 0 Å². The normalized spacial score (nSPS) is 12.7. The van der Waals surface area contributed by atoms with Crippen molar-refractivity contribution >= 4 is 49.1 Å². The van der Waals surface area contributed by atoms with E-state index < -0.39 is 0 Å². The van der Waals surface area contributed by atoms with Crippen LogP contribution in [0, 0.1) is 0 Å². The largest absolute Gasteiger partial charge is 0.486 e. The number of carbonyl (C=O) groups excluding carboxylic acids is 1. The molecule has 0 saturated heterocycles.